The lowest BCUT2D eigenvalue weighted by Gasteiger charge is -2.06. The van der Waals surface area contributed by atoms with Gasteiger partial charge >= 0.3 is 6.16 Å². The van der Waals surface area contributed by atoms with Crippen molar-refractivity contribution in [2.75, 3.05) is 6.61 Å². The van der Waals surface area contributed by atoms with E-state index in [-0.39, 0.29) is 11.5 Å². The summed E-state index contributed by atoms with van der Waals surface area (Å²) in [6, 6.07) is 0. The van der Waals surface area contributed by atoms with Gasteiger partial charge in [0.25, 0.3) is 0 Å². The van der Waals surface area contributed by atoms with Crippen molar-refractivity contribution in [3.8, 4) is 0 Å². The summed E-state index contributed by atoms with van der Waals surface area (Å²) in [6.07, 6.45) is 18.7. The summed E-state index contributed by atoms with van der Waals surface area (Å²) in [6.45, 7) is 5.62. The van der Waals surface area contributed by atoms with Crippen molar-refractivity contribution in [3.05, 3.63) is 11.8 Å². The van der Waals surface area contributed by atoms with Crippen LogP contribution in [0.3, 0.4) is 0 Å². The lowest BCUT2D eigenvalue weighted by atomic mass is 10.0. The smallest absolute Gasteiger partial charge is 0.434 e. The first-order valence-electron chi connectivity index (χ1n) is 10.6. The van der Waals surface area contributed by atoms with Crippen LogP contribution in [0, 0.1) is 0 Å². The monoisotopic (exact) mass is 368 g/mol. The second-order valence-corrected chi connectivity index (χ2v) is 7.16. The maximum Gasteiger partial charge on any atom is 0.513 e. The predicted octanol–water partition coefficient (Wildman–Crippen LogP) is 7.11. The van der Waals surface area contributed by atoms with Gasteiger partial charge in [0.2, 0.25) is 0 Å². The van der Waals surface area contributed by atoms with Crippen molar-refractivity contribution < 1.29 is 19.1 Å². The van der Waals surface area contributed by atoms with Crippen LogP contribution >= 0.6 is 0 Å². The first-order chi connectivity index (χ1) is 12.6. The van der Waals surface area contributed by atoms with E-state index in [1.165, 1.54) is 90.0 Å². The lowest BCUT2D eigenvalue weighted by Crippen LogP contribution is -2.08. The van der Waals surface area contributed by atoms with Gasteiger partial charge in [0.05, 0.1) is 6.61 Å². The molecule has 0 saturated carbocycles. The first kappa shape index (κ1) is 24.7. The van der Waals surface area contributed by atoms with Crippen LogP contribution in [0.25, 0.3) is 0 Å². The number of allylic oxidation sites excluding steroid dienone is 2. The van der Waals surface area contributed by atoms with Crippen LogP contribution in [0.4, 0.5) is 4.79 Å². The first-order valence-corrected chi connectivity index (χ1v) is 10.6. The molecule has 0 aliphatic heterocycles. The van der Waals surface area contributed by atoms with E-state index in [4.69, 9.17) is 9.47 Å². The summed E-state index contributed by atoms with van der Waals surface area (Å²) in [5.41, 5.74) is 0. The summed E-state index contributed by atoms with van der Waals surface area (Å²) in [5, 5.41) is 0. The van der Waals surface area contributed by atoms with Gasteiger partial charge in [-0.3, -0.25) is 4.79 Å². The predicted molar refractivity (Wildman–Crippen MR) is 107 cm³/mol. The number of carbonyl (C=O) groups is 2. The van der Waals surface area contributed by atoms with E-state index >= 15 is 0 Å². The molecule has 0 aromatic carbocycles. The Morgan fingerprint density at radius 2 is 1.12 bits per heavy atom. The number of rotatable bonds is 17. The summed E-state index contributed by atoms with van der Waals surface area (Å²) in [4.78, 5) is 22.2. The number of ketones is 1. The van der Waals surface area contributed by atoms with Crippen LogP contribution in [0.5, 0.6) is 0 Å². The van der Waals surface area contributed by atoms with Crippen LogP contribution in [-0.2, 0) is 14.3 Å². The molecule has 0 atom stereocenters. The highest BCUT2D eigenvalue weighted by Gasteiger charge is 2.05. The number of unbranched alkanes of at least 4 members (excludes halogenated alkanes) is 13. The average molecular weight is 369 g/mol. The Labute approximate surface area is 160 Å². The highest BCUT2D eigenvalue weighted by molar-refractivity contribution is 5.87. The fourth-order valence-corrected chi connectivity index (χ4v) is 2.93. The van der Waals surface area contributed by atoms with Gasteiger partial charge in [-0.25, -0.2) is 4.79 Å². The molecule has 0 N–H and O–H groups in total. The van der Waals surface area contributed by atoms with E-state index < -0.39 is 6.16 Å². The van der Waals surface area contributed by atoms with Crippen molar-refractivity contribution >= 4 is 11.9 Å². The number of ether oxygens (including phenoxy) is 2. The van der Waals surface area contributed by atoms with Crippen LogP contribution in [0.2, 0.25) is 0 Å². The molecule has 4 nitrogen and oxygen atoms in total. The van der Waals surface area contributed by atoms with E-state index in [1.807, 2.05) is 0 Å². The van der Waals surface area contributed by atoms with Gasteiger partial charge in [-0.15, -0.1) is 0 Å². The van der Waals surface area contributed by atoms with Crippen molar-refractivity contribution in [2.45, 2.75) is 111 Å². The van der Waals surface area contributed by atoms with E-state index in [0.717, 1.165) is 12.8 Å². The highest BCUT2D eigenvalue weighted by Crippen LogP contribution is 2.13. The molecule has 0 unspecified atom stereocenters. The third-order valence-corrected chi connectivity index (χ3v) is 4.37. The molecule has 0 heterocycles. The van der Waals surface area contributed by atoms with Crippen molar-refractivity contribution in [2.24, 2.45) is 0 Å². The Kier molecular flexibility index (Phi) is 17.5. The molecule has 0 rings (SSSR count). The second-order valence-electron chi connectivity index (χ2n) is 7.16. The largest absolute Gasteiger partial charge is 0.513 e. The zero-order valence-corrected chi connectivity index (χ0v) is 17.3. The fraction of sp³-hybridized carbons (Fsp3) is 0.818. The molecule has 0 amide bonds. The lowest BCUT2D eigenvalue weighted by molar-refractivity contribution is -0.112. The Hall–Kier alpha value is -1.32. The second kappa shape index (κ2) is 18.5. The van der Waals surface area contributed by atoms with Gasteiger partial charge in [-0.2, -0.15) is 0 Å². The SMILES string of the molecule is CCCCCCCCCCCCCCCCOC(=O)OC(C)=CC(C)=O. The Bertz CT molecular complexity index is 388. The Morgan fingerprint density at radius 3 is 1.54 bits per heavy atom. The van der Waals surface area contributed by atoms with Gasteiger partial charge < -0.3 is 9.47 Å². The van der Waals surface area contributed by atoms with Crippen molar-refractivity contribution in [3.63, 3.8) is 0 Å². The molecular formula is C22H40O4. The Balaban J connectivity index is 3.26. The molecular weight excluding hydrogens is 328 g/mol. The van der Waals surface area contributed by atoms with Gasteiger partial charge in [0.1, 0.15) is 5.76 Å². The van der Waals surface area contributed by atoms with Crippen LogP contribution in [0.15, 0.2) is 11.8 Å². The number of hydrogen-bond acceptors (Lipinski definition) is 4. The third-order valence-electron chi connectivity index (χ3n) is 4.37. The molecule has 4 heteroatoms. The molecule has 0 aromatic rings. The van der Waals surface area contributed by atoms with Crippen LogP contribution in [0.1, 0.15) is 111 Å². The topological polar surface area (TPSA) is 52.6 Å². The fourth-order valence-electron chi connectivity index (χ4n) is 2.93. The van der Waals surface area contributed by atoms with E-state index in [1.54, 1.807) is 6.92 Å². The van der Waals surface area contributed by atoms with Gasteiger partial charge in [0.15, 0.2) is 5.78 Å². The van der Waals surface area contributed by atoms with Crippen LogP contribution < -0.4 is 0 Å². The summed E-state index contributed by atoms with van der Waals surface area (Å²) in [7, 11) is 0. The summed E-state index contributed by atoms with van der Waals surface area (Å²) < 4.78 is 9.85. The molecule has 0 radical (unpaired) electrons. The van der Waals surface area contributed by atoms with Gasteiger partial charge in [-0.05, 0) is 20.3 Å². The molecule has 0 aliphatic carbocycles. The molecule has 0 aromatic heterocycles. The zero-order chi connectivity index (χ0) is 19.5. The molecule has 0 fully saturated rings. The van der Waals surface area contributed by atoms with Gasteiger partial charge in [0, 0.05) is 6.08 Å². The van der Waals surface area contributed by atoms with Gasteiger partial charge in [-0.1, -0.05) is 90.4 Å². The third kappa shape index (κ3) is 19.0. The summed E-state index contributed by atoms with van der Waals surface area (Å²) >= 11 is 0. The molecule has 152 valence electrons. The highest BCUT2D eigenvalue weighted by atomic mass is 16.7. The van der Waals surface area contributed by atoms with Crippen molar-refractivity contribution in [1.29, 1.82) is 0 Å². The molecule has 0 bridgehead atoms. The quantitative estimate of drug-likeness (QED) is 0.119. The molecule has 0 aliphatic rings. The zero-order valence-electron chi connectivity index (χ0n) is 17.3. The normalized spacial score (nSPS) is 11.4. The van der Waals surface area contributed by atoms with E-state index in [2.05, 4.69) is 6.92 Å². The minimum absolute atomic E-state index is 0.151. The molecule has 0 spiro atoms. The van der Waals surface area contributed by atoms with E-state index in [9.17, 15) is 9.59 Å². The molecule has 0 saturated heterocycles. The maximum atomic E-state index is 11.4. The minimum atomic E-state index is -0.727. The standard InChI is InChI=1S/C22H40O4/c1-4-5-6-7-8-9-10-11-12-13-14-15-16-17-18-25-22(24)26-21(3)19-20(2)23/h19H,4-18H2,1-3H3. The van der Waals surface area contributed by atoms with E-state index in [0.29, 0.717) is 6.61 Å². The van der Waals surface area contributed by atoms with Crippen molar-refractivity contribution in [1.82, 2.24) is 0 Å². The van der Waals surface area contributed by atoms with Crippen LogP contribution in [-0.4, -0.2) is 18.5 Å². The molecule has 26 heavy (non-hydrogen) atoms. The summed E-state index contributed by atoms with van der Waals surface area (Å²) in [5.74, 6) is 0.116. The minimum Gasteiger partial charge on any atom is -0.434 e. The maximum absolute atomic E-state index is 11.4. The number of hydrogen-bond donors (Lipinski definition) is 0. The number of carbonyl (C=O) groups excluding carboxylic acids is 2. The Morgan fingerprint density at radius 1 is 0.692 bits per heavy atom. The average Bonchev–Trinajstić information content (AvgIpc) is 2.57.